The minimum Gasteiger partial charge on any atom is -0.463 e. The van der Waals surface area contributed by atoms with E-state index in [-0.39, 0.29) is 32.1 Å². The number of unbranched alkanes of at least 4 members (excludes halogenated alkanes) is 15. The fourth-order valence-electron chi connectivity index (χ4n) is 6.12. The standard InChI is InChI=1S/C52H88NO8P/c1-3-5-7-9-11-13-15-17-19-21-23-24-25-26-27-28-30-32-34-36-38-40-42-44-51(55)53-46-47-60-62(57,58)61-49-50(54)48-59-52(56)45-43-41-39-37-35-33-31-29-22-20-18-16-14-12-10-8-6-4-2/h5,7,11,13-14,16-17,19-20,22-24,26-27,30,32,50,54H,3-4,6,8-10,12,15,18,21,25,28-29,31,33-49H2,1-2H3,(H,53,55)(H,57,58)/b7-5-,13-11-,16-14-,19-17-,22-20-,24-23-,27-26-,32-30-. The number of amides is 1. The molecule has 62 heavy (non-hydrogen) atoms. The van der Waals surface area contributed by atoms with E-state index < -0.39 is 26.5 Å². The van der Waals surface area contributed by atoms with Gasteiger partial charge >= 0.3 is 13.8 Å². The summed E-state index contributed by atoms with van der Waals surface area (Å²) < 4.78 is 26.9. The predicted octanol–water partition coefficient (Wildman–Crippen LogP) is 14.2. The van der Waals surface area contributed by atoms with Gasteiger partial charge in [-0.05, 0) is 96.3 Å². The summed E-state index contributed by atoms with van der Waals surface area (Å²) in [4.78, 5) is 34.0. The van der Waals surface area contributed by atoms with E-state index in [1.807, 2.05) is 0 Å². The third kappa shape index (κ3) is 48.0. The molecule has 0 radical (unpaired) electrons. The van der Waals surface area contributed by atoms with Gasteiger partial charge in [-0.15, -0.1) is 0 Å². The van der Waals surface area contributed by atoms with Crippen molar-refractivity contribution in [3.8, 4) is 0 Å². The van der Waals surface area contributed by atoms with Crippen LogP contribution in [0.25, 0.3) is 0 Å². The third-order valence-electron chi connectivity index (χ3n) is 9.75. The normalized spacial score (nSPS) is 14.1. The molecule has 0 spiro atoms. The van der Waals surface area contributed by atoms with E-state index in [0.29, 0.717) is 6.42 Å². The number of nitrogens with one attached hydrogen (secondary N) is 1. The number of rotatable bonds is 44. The van der Waals surface area contributed by atoms with Gasteiger partial charge in [-0.1, -0.05) is 175 Å². The summed E-state index contributed by atoms with van der Waals surface area (Å²) in [5.74, 6) is -0.556. The zero-order valence-corrected chi connectivity index (χ0v) is 39.9. The zero-order valence-electron chi connectivity index (χ0n) is 39.0. The van der Waals surface area contributed by atoms with E-state index in [2.05, 4.69) is 116 Å². The van der Waals surface area contributed by atoms with Crippen molar-refractivity contribution in [1.29, 1.82) is 0 Å². The van der Waals surface area contributed by atoms with Crippen molar-refractivity contribution in [2.24, 2.45) is 0 Å². The smallest absolute Gasteiger partial charge is 0.463 e. The second-order valence-corrected chi connectivity index (χ2v) is 17.1. The highest BCUT2D eigenvalue weighted by atomic mass is 31.2. The molecule has 2 unspecified atom stereocenters. The van der Waals surface area contributed by atoms with Crippen molar-refractivity contribution in [3.63, 3.8) is 0 Å². The molecule has 3 N–H and O–H groups in total. The molecule has 354 valence electrons. The molecule has 0 saturated carbocycles. The van der Waals surface area contributed by atoms with Crippen LogP contribution in [0.4, 0.5) is 0 Å². The minimum absolute atomic E-state index is 0.0603. The Hall–Kier alpha value is -3.07. The number of hydrogen-bond donors (Lipinski definition) is 3. The van der Waals surface area contributed by atoms with Gasteiger partial charge in [0.15, 0.2) is 0 Å². The van der Waals surface area contributed by atoms with Gasteiger partial charge in [0, 0.05) is 19.4 Å². The highest BCUT2D eigenvalue weighted by molar-refractivity contribution is 7.47. The largest absolute Gasteiger partial charge is 0.472 e. The monoisotopic (exact) mass is 886 g/mol. The lowest BCUT2D eigenvalue weighted by atomic mass is 10.1. The molecule has 0 bridgehead atoms. The Morgan fingerprint density at radius 3 is 1.39 bits per heavy atom. The van der Waals surface area contributed by atoms with E-state index in [0.717, 1.165) is 109 Å². The molecule has 1 amide bonds. The maximum atomic E-state index is 12.1. The lowest BCUT2D eigenvalue weighted by Crippen LogP contribution is -2.27. The molecule has 2 atom stereocenters. The average Bonchev–Trinajstić information content (AvgIpc) is 3.26. The fraction of sp³-hybridized carbons (Fsp3) is 0.654. The van der Waals surface area contributed by atoms with Gasteiger partial charge in [0.25, 0.3) is 0 Å². The van der Waals surface area contributed by atoms with Crippen molar-refractivity contribution < 1.29 is 37.9 Å². The molecule has 0 aromatic carbocycles. The SMILES string of the molecule is CC/C=C\C/C=C\C/C=C\C/C=C\C/C=C\C/C=C\CCCCCCC(=O)NCCOP(=O)(O)OCC(O)COC(=O)CCCCCCCCC/C=C\C/C=C\CCCCCC. The van der Waals surface area contributed by atoms with Crippen molar-refractivity contribution in [2.45, 2.75) is 193 Å². The van der Waals surface area contributed by atoms with Crippen molar-refractivity contribution >= 4 is 19.7 Å². The quantitative estimate of drug-likeness (QED) is 0.0239. The molecule has 0 rings (SSSR count). The first-order valence-electron chi connectivity index (χ1n) is 24.2. The number of allylic oxidation sites excluding steroid dienone is 16. The van der Waals surface area contributed by atoms with Gasteiger partial charge in [-0.3, -0.25) is 18.6 Å². The van der Waals surface area contributed by atoms with Crippen LogP contribution < -0.4 is 5.32 Å². The number of phosphoric acid groups is 1. The van der Waals surface area contributed by atoms with Crippen LogP contribution in [0.15, 0.2) is 97.2 Å². The van der Waals surface area contributed by atoms with E-state index in [1.165, 1.54) is 51.4 Å². The van der Waals surface area contributed by atoms with Crippen LogP contribution in [0.5, 0.6) is 0 Å². The molecule has 0 aromatic heterocycles. The van der Waals surface area contributed by atoms with Crippen LogP contribution in [0.1, 0.15) is 187 Å². The number of carbonyl (C=O) groups is 2. The summed E-state index contributed by atoms with van der Waals surface area (Å²) in [6.45, 7) is 3.37. The van der Waals surface area contributed by atoms with Crippen molar-refractivity contribution in [1.82, 2.24) is 5.32 Å². The summed E-state index contributed by atoms with van der Waals surface area (Å²) >= 11 is 0. The van der Waals surface area contributed by atoms with Crippen LogP contribution >= 0.6 is 7.82 Å². The van der Waals surface area contributed by atoms with E-state index in [4.69, 9.17) is 13.8 Å². The lowest BCUT2D eigenvalue weighted by Gasteiger charge is -2.15. The summed E-state index contributed by atoms with van der Waals surface area (Å²) in [5.41, 5.74) is 0. The number of aliphatic hydroxyl groups is 1. The van der Waals surface area contributed by atoms with E-state index >= 15 is 0 Å². The first kappa shape index (κ1) is 58.9. The molecular formula is C52H88NO8P. The molecule has 0 aliphatic carbocycles. The Bertz CT molecular complexity index is 1330. The Morgan fingerprint density at radius 1 is 0.516 bits per heavy atom. The van der Waals surface area contributed by atoms with Gasteiger partial charge in [0.05, 0.1) is 13.2 Å². The molecule has 0 aliphatic heterocycles. The average molecular weight is 886 g/mol. The number of phosphoric ester groups is 1. The highest BCUT2D eigenvalue weighted by Gasteiger charge is 2.23. The number of carbonyl (C=O) groups excluding carboxylic acids is 2. The van der Waals surface area contributed by atoms with Gasteiger partial charge in [-0.2, -0.15) is 0 Å². The van der Waals surface area contributed by atoms with Crippen LogP contribution in [0.3, 0.4) is 0 Å². The van der Waals surface area contributed by atoms with Crippen molar-refractivity contribution in [3.05, 3.63) is 97.2 Å². The molecule has 0 fully saturated rings. The molecule has 0 saturated heterocycles. The number of hydrogen-bond acceptors (Lipinski definition) is 7. The fourth-order valence-corrected chi connectivity index (χ4v) is 6.88. The summed E-state index contributed by atoms with van der Waals surface area (Å²) in [6.07, 6.45) is 61.9. The van der Waals surface area contributed by atoms with E-state index in [9.17, 15) is 24.2 Å². The van der Waals surface area contributed by atoms with Crippen LogP contribution in [-0.4, -0.2) is 54.3 Å². The Balaban J connectivity index is 3.67. The molecule has 10 heteroatoms. The first-order chi connectivity index (χ1) is 30.3. The van der Waals surface area contributed by atoms with Crippen LogP contribution in [0.2, 0.25) is 0 Å². The maximum absolute atomic E-state index is 12.1. The minimum atomic E-state index is -4.44. The highest BCUT2D eigenvalue weighted by Crippen LogP contribution is 2.42. The second kappa shape index (κ2) is 47.4. The van der Waals surface area contributed by atoms with E-state index in [1.54, 1.807) is 0 Å². The van der Waals surface area contributed by atoms with Gasteiger partial charge < -0.3 is 20.1 Å². The number of aliphatic hydroxyl groups excluding tert-OH is 1. The Morgan fingerprint density at radius 2 is 0.919 bits per heavy atom. The number of ether oxygens (including phenoxy) is 1. The summed E-state index contributed by atoms with van der Waals surface area (Å²) in [7, 11) is -4.44. The molecule has 0 heterocycles. The lowest BCUT2D eigenvalue weighted by molar-refractivity contribution is -0.147. The Kier molecular flexibility index (Phi) is 45.1. The molecule has 0 aromatic rings. The number of esters is 1. The molecule has 0 aliphatic rings. The molecule has 9 nitrogen and oxygen atoms in total. The van der Waals surface area contributed by atoms with Crippen LogP contribution in [-0.2, 0) is 27.9 Å². The van der Waals surface area contributed by atoms with Crippen molar-refractivity contribution in [2.75, 3.05) is 26.4 Å². The van der Waals surface area contributed by atoms with Gasteiger partial charge in [-0.25, -0.2) is 4.57 Å². The van der Waals surface area contributed by atoms with Crippen LogP contribution in [0, 0.1) is 0 Å². The third-order valence-corrected chi connectivity index (χ3v) is 10.7. The topological polar surface area (TPSA) is 131 Å². The molecular weight excluding hydrogens is 798 g/mol. The summed E-state index contributed by atoms with van der Waals surface area (Å²) in [6, 6.07) is 0. The maximum Gasteiger partial charge on any atom is 0.472 e. The van der Waals surface area contributed by atoms with Gasteiger partial charge in [0.1, 0.15) is 12.7 Å². The van der Waals surface area contributed by atoms with Gasteiger partial charge in [0.2, 0.25) is 5.91 Å². The Labute approximate surface area is 378 Å². The zero-order chi connectivity index (χ0) is 45.3. The predicted molar refractivity (Wildman–Crippen MR) is 261 cm³/mol. The summed E-state index contributed by atoms with van der Waals surface area (Å²) in [5, 5.41) is 12.7. The second-order valence-electron chi connectivity index (χ2n) is 15.7. The first-order valence-corrected chi connectivity index (χ1v) is 25.7.